The summed E-state index contributed by atoms with van der Waals surface area (Å²) in [5.41, 5.74) is -0.801. The van der Waals surface area contributed by atoms with Crippen LogP contribution in [0, 0.1) is 5.92 Å². The molecule has 1 aliphatic rings. The van der Waals surface area contributed by atoms with Gasteiger partial charge >= 0.3 is 5.97 Å². The van der Waals surface area contributed by atoms with Gasteiger partial charge in [0.2, 0.25) is 0 Å². The molecule has 0 aromatic carbocycles. The first-order valence-electron chi connectivity index (χ1n) is 4.13. The third-order valence-corrected chi connectivity index (χ3v) is 2.46. The van der Waals surface area contributed by atoms with E-state index in [1.54, 1.807) is 6.08 Å². The lowest BCUT2D eigenvalue weighted by molar-refractivity contribution is -0.142. The van der Waals surface area contributed by atoms with Crippen molar-refractivity contribution in [3.8, 4) is 0 Å². The van der Waals surface area contributed by atoms with Gasteiger partial charge in [-0.3, -0.25) is 4.79 Å². The Bertz CT molecular complexity index is 200. The van der Waals surface area contributed by atoms with E-state index in [-0.39, 0.29) is 5.92 Å². The highest BCUT2D eigenvalue weighted by Crippen LogP contribution is 2.37. The molecule has 0 saturated heterocycles. The molecule has 2 atom stereocenters. The number of hydrogen-bond acceptors (Lipinski definition) is 2. The van der Waals surface area contributed by atoms with Gasteiger partial charge in [0, 0.05) is 0 Å². The molecule has 1 rings (SSSR count). The van der Waals surface area contributed by atoms with Crippen molar-refractivity contribution in [3.63, 3.8) is 0 Å². The molecule has 1 aliphatic carbocycles. The molecule has 2 unspecified atom stereocenters. The second kappa shape index (κ2) is 3.27. The van der Waals surface area contributed by atoms with Crippen molar-refractivity contribution >= 4 is 5.97 Å². The summed E-state index contributed by atoms with van der Waals surface area (Å²) in [4.78, 5) is 10.6. The van der Waals surface area contributed by atoms with Crippen LogP contribution in [0.3, 0.4) is 0 Å². The van der Waals surface area contributed by atoms with Crippen LogP contribution in [0.2, 0.25) is 0 Å². The number of carbonyl (C=O) groups is 1. The van der Waals surface area contributed by atoms with Crippen LogP contribution in [0.15, 0.2) is 12.7 Å². The minimum absolute atomic E-state index is 0.366. The Hall–Kier alpha value is -0.830. The third kappa shape index (κ3) is 1.85. The molecule has 0 heterocycles. The van der Waals surface area contributed by atoms with Crippen LogP contribution in [-0.4, -0.2) is 21.8 Å². The first kappa shape index (κ1) is 9.26. The highest BCUT2D eigenvalue weighted by atomic mass is 16.4. The molecule has 0 spiro atoms. The topological polar surface area (TPSA) is 57.5 Å². The van der Waals surface area contributed by atoms with E-state index < -0.39 is 11.6 Å². The largest absolute Gasteiger partial charge is 0.481 e. The number of aliphatic carboxylic acids is 1. The van der Waals surface area contributed by atoms with Crippen LogP contribution >= 0.6 is 0 Å². The second-order valence-electron chi connectivity index (χ2n) is 3.50. The highest BCUT2D eigenvalue weighted by Gasteiger charge is 2.39. The quantitative estimate of drug-likeness (QED) is 0.625. The van der Waals surface area contributed by atoms with Crippen molar-refractivity contribution in [1.82, 2.24) is 0 Å². The zero-order chi connectivity index (χ0) is 9.19. The average Bonchev–Trinajstić information content (AvgIpc) is 2.33. The summed E-state index contributed by atoms with van der Waals surface area (Å²) in [7, 11) is 0. The second-order valence-corrected chi connectivity index (χ2v) is 3.50. The normalized spacial score (nSPS) is 34.9. The van der Waals surface area contributed by atoms with E-state index in [1.807, 2.05) is 0 Å². The molecular weight excluding hydrogens is 156 g/mol. The summed E-state index contributed by atoms with van der Waals surface area (Å²) < 4.78 is 0. The molecule has 68 valence electrons. The number of aliphatic hydroxyl groups is 1. The summed E-state index contributed by atoms with van der Waals surface area (Å²) in [6.07, 6.45) is 3.67. The van der Waals surface area contributed by atoms with E-state index in [0.717, 1.165) is 0 Å². The summed E-state index contributed by atoms with van der Waals surface area (Å²) >= 11 is 0. The summed E-state index contributed by atoms with van der Waals surface area (Å²) in [5.74, 6) is -1.16. The molecule has 0 aliphatic heterocycles. The van der Waals surface area contributed by atoms with Crippen molar-refractivity contribution in [2.24, 2.45) is 5.92 Å². The fourth-order valence-electron chi connectivity index (χ4n) is 1.77. The van der Waals surface area contributed by atoms with Crippen molar-refractivity contribution in [2.45, 2.75) is 31.3 Å². The average molecular weight is 170 g/mol. The van der Waals surface area contributed by atoms with Crippen LogP contribution < -0.4 is 0 Å². The Labute approximate surface area is 71.7 Å². The smallest absolute Gasteiger partial charge is 0.306 e. The van der Waals surface area contributed by atoms with Gasteiger partial charge in [-0.1, -0.05) is 6.08 Å². The highest BCUT2D eigenvalue weighted by molar-refractivity contribution is 5.70. The zero-order valence-electron chi connectivity index (χ0n) is 6.99. The lowest BCUT2D eigenvalue weighted by atomic mass is 9.96. The molecule has 0 radical (unpaired) electrons. The molecule has 1 saturated carbocycles. The van der Waals surface area contributed by atoms with Crippen LogP contribution in [0.4, 0.5) is 0 Å². The van der Waals surface area contributed by atoms with Crippen molar-refractivity contribution in [1.29, 1.82) is 0 Å². The first-order valence-corrected chi connectivity index (χ1v) is 4.13. The summed E-state index contributed by atoms with van der Waals surface area (Å²) in [6.45, 7) is 3.53. The van der Waals surface area contributed by atoms with E-state index >= 15 is 0 Å². The van der Waals surface area contributed by atoms with Gasteiger partial charge in [0.05, 0.1) is 11.5 Å². The Morgan fingerprint density at radius 1 is 1.75 bits per heavy atom. The van der Waals surface area contributed by atoms with Gasteiger partial charge in [-0.2, -0.15) is 0 Å². The SMILES string of the molecule is C=CCC1(O)CCC(C(=O)O)C1. The van der Waals surface area contributed by atoms with E-state index in [2.05, 4.69) is 6.58 Å². The van der Waals surface area contributed by atoms with Crippen LogP contribution in [0.1, 0.15) is 25.7 Å². The standard InChI is InChI=1S/C9H14O3/c1-2-4-9(12)5-3-7(6-9)8(10)11/h2,7,12H,1,3-6H2,(H,10,11). The molecule has 0 amide bonds. The van der Waals surface area contributed by atoms with Gasteiger partial charge in [-0.15, -0.1) is 6.58 Å². The Morgan fingerprint density at radius 3 is 2.83 bits per heavy atom. The van der Waals surface area contributed by atoms with Gasteiger partial charge in [0.15, 0.2) is 0 Å². The monoisotopic (exact) mass is 170 g/mol. The van der Waals surface area contributed by atoms with Crippen molar-refractivity contribution < 1.29 is 15.0 Å². The molecule has 0 aromatic rings. The van der Waals surface area contributed by atoms with Crippen molar-refractivity contribution in [2.75, 3.05) is 0 Å². The fraction of sp³-hybridized carbons (Fsp3) is 0.667. The molecule has 0 bridgehead atoms. The lowest BCUT2D eigenvalue weighted by Crippen LogP contribution is -2.24. The van der Waals surface area contributed by atoms with Crippen LogP contribution in [-0.2, 0) is 4.79 Å². The molecule has 2 N–H and O–H groups in total. The van der Waals surface area contributed by atoms with E-state index in [1.165, 1.54) is 0 Å². The van der Waals surface area contributed by atoms with Crippen LogP contribution in [0.25, 0.3) is 0 Å². The molecule has 3 heteroatoms. The number of rotatable bonds is 3. The maximum Gasteiger partial charge on any atom is 0.306 e. The van der Waals surface area contributed by atoms with Gasteiger partial charge in [-0.05, 0) is 25.7 Å². The number of carboxylic acids is 1. The molecule has 0 aromatic heterocycles. The van der Waals surface area contributed by atoms with Gasteiger partial charge in [0.25, 0.3) is 0 Å². The minimum Gasteiger partial charge on any atom is -0.481 e. The van der Waals surface area contributed by atoms with E-state index in [9.17, 15) is 9.90 Å². The van der Waals surface area contributed by atoms with E-state index in [4.69, 9.17) is 5.11 Å². The first-order chi connectivity index (χ1) is 5.57. The minimum atomic E-state index is -0.801. The van der Waals surface area contributed by atoms with Gasteiger partial charge < -0.3 is 10.2 Å². The zero-order valence-corrected chi connectivity index (χ0v) is 6.99. The van der Waals surface area contributed by atoms with Gasteiger partial charge in [-0.25, -0.2) is 0 Å². The summed E-state index contributed by atoms with van der Waals surface area (Å²) in [6, 6.07) is 0. The Balaban J connectivity index is 2.54. The number of carboxylic acid groups (broad SMARTS) is 1. The summed E-state index contributed by atoms with van der Waals surface area (Å²) in [5, 5.41) is 18.5. The predicted octanol–water partition coefficient (Wildman–Crippen LogP) is 1.18. The third-order valence-electron chi connectivity index (χ3n) is 2.46. The van der Waals surface area contributed by atoms with E-state index in [0.29, 0.717) is 25.7 Å². The Morgan fingerprint density at radius 2 is 2.42 bits per heavy atom. The lowest BCUT2D eigenvalue weighted by Gasteiger charge is -2.19. The van der Waals surface area contributed by atoms with Crippen molar-refractivity contribution in [3.05, 3.63) is 12.7 Å². The predicted molar refractivity (Wildman–Crippen MR) is 44.7 cm³/mol. The fourth-order valence-corrected chi connectivity index (χ4v) is 1.77. The molecular formula is C9H14O3. The molecule has 12 heavy (non-hydrogen) atoms. The Kier molecular flexibility index (Phi) is 2.52. The molecule has 3 nitrogen and oxygen atoms in total. The number of hydrogen-bond donors (Lipinski definition) is 2. The maximum absolute atomic E-state index is 10.6. The van der Waals surface area contributed by atoms with Gasteiger partial charge in [0.1, 0.15) is 0 Å². The maximum atomic E-state index is 10.6. The molecule has 1 fully saturated rings. The van der Waals surface area contributed by atoms with Crippen LogP contribution in [0.5, 0.6) is 0 Å².